The van der Waals surface area contributed by atoms with Crippen LogP contribution in [0.2, 0.25) is 0 Å². The minimum absolute atomic E-state index is 0.264. The second-order valence-electron chi connectivity index (χ2n) is 3.84. The third-order valence-electron chi connectivity index (χ3n) is 2.49. The van der Waals surface area contributed by atoms with Gasteiger partial charge in [-0.25, -0.2) is 4.98 Å². The van der Waals surface area contributed by atoms with E-state index in [0.717, 1.165) is 15.6 Å². The summed E-state index contributed by atoms with van der Waals surface area (Å²) < 4.78 is 5.46. The molecule has 6 heteroatoms. The van der Waals surface area contributed by atoms with Gasteiger partial charge in [0.15, 0.2) is 4.34 Å². The SMILES string of the molecule is COC(=O)C(C)Sc1nc(-c2ccccc2)c(N)s1. The van der Waals surface area contributed by atoms with Gasteiger partial charge in [0, 0.05) is 5.56 Å². The number of esters is 1. The molecule has 0 radical (unpaired) electrons. The Hall–Kier alpha value is -1.53. The van der Waals surface area contributed by atoms with E-state index >= 15 is 0 Å². The Morgan fingerprint density at radius 1 is 1.42 bits per heavy atom. The molecule has 1 atom stereocenters. The van der Waals surface area contributed by atoms with E-state index in [1.807, 2.05) is 30.3 Å². The maximum atomic E-state index is 11.4. The molecule has 2 rings (SSSR count). The largest absolute Gasteiger partial charge is 0.468 e. The summed E-state index contributed by atoms with van der Waals surface area (Å²) in [5, 5.41) is 0.366. The van der Waals surface area contributed by atoms with Crippen molar-refractivity contribution in [1.82, 2.24) is 4.98 Å². The molecule has 0 spiro atoms. The minimum atomic E-state index is -0.292. The highest BCUT2D eigenvalue weighted by molar-refractivity contribution is 8.02. The number of thiazole rings is 1. The molecule has 19 heavy (non-hydrogen) atoms. The van der Waals surface area contributed by atoms with Crippen LogP contribution in [0.25, 0.3) is 11.3 Å². The van der Waals surface area contributed by atoms with Crippen LogP contribution in [-0.2, 0) is 9.53 Å². The van der Waals surface area contributed by atoms with Crippen molar-refractivity contribution < 1.29 is 9.53 Å². The topological polar surface area (TPSA) is 65.2 Å². The minimum Gasteiger partial charge on any atom is -0.468 e. The van der Waals surface area contributed by atoms with E-state index in [4.69, 9.17) is 10.5 Å². The molecule has 1 aromatic heterocycles. The summed E-state index contributed by atoms with van der Waals surface area (Å²) in [7, 11) is 1.38. The number of aromatic nitrogens is 1. The number of nitrogens with two attached hydrogens (primary N) is 1. The number of nitrogen functional groups attached to an aromatic ring is 1. The quantitative estimate of drug-likeness (QED) is 0.693. The number of nitrogens with zero attached hydrogens (tertiary/aromatic N) is 1. The number of thioether (sulfide) groups is 1. The number of hydrogen-bond donors (Lipinski definition) is 1. The van der Waals surface area contributed by atoms with E-state index < -0.39 is 0 Å². The molecular formula is C13H14N2O2S2. The van der Waals surface area contributed by atoms with Gasteiger partial charge in [0.1, 0.15) is 15.9 Å². The lowest BCUT2D eigenvalue weighted by molar-refractivity contribution is -0.139. The molecule has 0 amide bonds. The van der Waals surface area contributed by atoms with Crippen LogP contribution in [0.5, 0.6) is 0 Å². The van der Waals surface area contributed by atoms with E-state index in [9.17, 15) is 4.79 Å². The maximum absolute atomic E-state index is 11.4. The van der Waals surface area contributed by atoms with Crippen molar-refractivity contribution >= 4 is 34.1 Å². The standard InChI is InChI=1S/C13H14N2O2S2/c1-8(12(16)17-2)18-13-15-10(11(14)19-13)9-6-4-3-5-7-9/h3-8H,14H2,1-2H3. The number of benzene rings is 1. The lowest BCUT2D eigenvalue weighted by Gasteiger charge is -2.05. The average molecular weight is 294 g/mol. The third kappa shape index (κ3) is 3.27. The first-order chi connectivity index (χ1) is 9.11. The summed E-state index contributed by atoms with van der Waals surface area (Å²) in [5.74, 6) is -0.264. The predicted molar refractivity (Wildman–Crippen MR) is 79.3 cm³/mol. The van der Waals surface area contributed by atoms with Crippen molar-refractivity contribution in [3.63, 3.8) is 0 Å². The van der Waals surface area contributed by atoms with Gasteiger partial charge in [0.25, 0.3) is 0 Å². The van der Waals surface area contributed by atoms with Crippen molar-refractivity contribution in [3.05, 3.63) is 30.3 Å². The van der Waals surface area contributed by atoms with Gasteiger partial charge in [-0.15, -0.1) is 0 Å². The van der Waals surface area contributed by atoms with E-state index in [1.54, 1.807) is 6.92 Å². The fourth-order valence-corrected chi connectivity index (χ4v) is 3.65. The first-order valence-corrected chi connectivity index (χ1v) is 7.37. The molecular weight excluding hydrogens is 280 g/mol. The molecule has 4 nitrogen and oxygen atoms in total. The number of anilines is 1. The highest BCUT2D eigenvalue weighted by atomic mass is 32.2. The Labute approximate surface area is 120 Å². The number of hydrogen-bond acceptors (Lipinski definition) is 6. The molecule has 100 valence electrons. The molecule has 0 fully saturated rings. The molecule has 0 aliphatic carbocycles. The normalized spacial score (nSPS) is 12.1. The van der Waals surface area contributed by atoms with Crippen LogP contribution in [0, 0.1) is 0 Å². The van der Waals surface area contributed by atoms with E-state index in [-0.39, 0.29) is 11.2 Å². The van der Waals surface area contributed by atoms with E-state index in [1.165, 1.54) is 30.2 Å². The molecule has 0 bridgehead atoms. The van der Waals surface area contributed by atoms with Gasteiger partial charge < -0.3 is 10.5 Å². The van der Waals surface area contributed by atoms with Gasteiger partial charge in [-0.05, 0) is 6.92 Å². The van der Waals surface area contributed by atoms with Crippen molar-refractivity contribution in [3.8, 4) is 11.3 Å². The number of carbonyl (C=O) groups excluding carboxylic acids is 1. The summed E-state index contributed by atoms with van der Waals surface area (Å²) >= 11 is 2.75. The second kappa shape index (κ2) is 6.08. The number of rotatable bonds is 4. The van der Waals surface area contributed by atoms with Crippen LogP contribution in [0.1, 0.15) is 6.92 Å². The molecule has 0 aliphatic rings. The Balaban J connectivity index is 2.20. The Morgan fingerprint density at radius 2 is 2.11 bits per heavy atom. The van der Waals surface area contributed by atoms with Gasteiger partial charge in [0.05, 0.1) is 7.11 Å². The smallest absolute Gasteiger partial charge is 0.318 e. The molecule has 0 saturated carbocycles. The second-order valence-corrected chi connectivity index (χ2v) is 6.46. The lowest BCUT2D eigenvalue weighted by Crippen LogP contribution is -2.14. The highest BCUT2D eigenvalue weighted by Crippen LogP contribution is 2.36. The van der Waals surface area contributed by atoms with Crippen LogP contribution < -0.4 is 5.73 Å². The zero-order valence-electron chi connectivity index (χ0n) is 10.6. The average Bonchev–Trinajstić information content (AvgIpc) is 2.79. The monoisotopic (exact) mass is 294 g/mol. The van der Waals surface area contributed by atoms with Crippen LogP contribution in [-0.4, -0.2) is 23.3 Å². The van der Waals surface area contributed by atoms with Gasteiger partial charge in [0.2, 0.25) is 0 Å². The summed E-state index contributed by atoms with van der Waals surface area (Å²) in [5.41, 5.74) is 7.73. The van der Waals surface area contributed by atoms with Crippen LogP contribution >= 0.6 is 23.1 Å². The Morgan fingerprint density at radius 3 is 2.74 bits per heavy atom. The van der Waals surface area contributed by atoms with Crippen molar-refractivity contribution in [1.29, 1.82) is 0 Å². The molecule has 1 aromatic carbocycles. The predicted octanol–water partition coefficient (Wildman–Crippen LogP) is 3.05. The van der Waals surface area contributed by atoms with Crippen LogP contribution in [0.15, 0.2) is 34.7 Å². The maximum Gasteiger partial charge on any atom is 0.318 e. The molecule has 0 aliphatic heterocycles. The zero-order valence-corrected chi connectivity index (χ0v) is 12.3. The summed E-state index contributed by atoms with van der Waals surface area (Å²) in [6, 6.07) is 9.75. The highest BCUT2D eigenvalue weighted by Gasteiger charge is 2.18. The van der Waals surface area contributed by atoms with E-state index in [2.05, 4.69) is 4.98 Å². The zero-order chi connectivity index (χ0) is 13.8. The summed E-state index contributed by atoms with van der Waals surface area (Å²) in [6.45, 7) is 1.79. The first kappa shape index (κ1) is 13.9. The molecule has 1 heterocycles. The lowest BCUT2D eigenvalue weighted by atomic mass is 10.2. The molecule has 2 aromatic rings. The van der Waals surface area contributed by atoms with Gasteiger partial charge >= 0.3 is 5.97 Å². The van der Waals surface area contributed by atoms with Crippen molar-refractivity contribution in [2.24, 2.45) is 0 Å². The summed E-state index contributed by atoms with van der Waals surface area (Å²) in [4.78, 5) is 15.9. The Kier molecular flexibility index (Phi) is 4.44. The van der Waals surface area contributed by atoms with Gasteiger partial charge in [-0.2, -0.15) is 0 Å². The molecule has 1 unspecified atom stereocenters. The van der Waals surface area contributed by atoms with Crippen molar-refractivity contribution in [2.75, 3.05) is 12.8 Å². The molecule has 0 saturated heterocycles. The van der Waals surface area contributed by atoms with Crippen LogP contribution in [0.4, 0.5) is 5.00 Å². The van der Waals surface area contributed by atoms with E-state index in [0.29, 0.717) is 5.00 Å². The third-order valence-corrected chi connectivity index (χ3v) is 4.55. The Bertz CT molecular complexity index is 569. The fourth-order valence-electron chi connectivity index (χ4n) is 1.53. The number of ether oxygens (including phenoxy) is 1. The van der Waals surface area contributed by atoms with Crippen LogP contribution in [0.3, 0.4) is 0 Å². The number of methoxy groups -OCH3 is 1. The van der Waals surface area contributed by atoms with Gasteiger partial charge in [-0.3, -0.25) is 4.79 Å². The fraction of sp³-hybridized carbons (Fsp3) is 0.231. The summed E-state index contributed by atoms with van der Waals surface area (Å²) in [6.07, 6.45) is 0. The molecule has 2 N–H and O–H groups in total. The first-order valence-electron chi connectivity index (χ1n) is 5.68. The number of carbonyl (C=O) groups is 1. The van der Waals surface area contributed by atoms with Crippen molar-refractivity contribution in [2.45, 2.75) is 16.5 Å². The van der Waals surface area contributed by atoms with Gasteiger partial charge in [-0.1, -0.05) is 53.4 Å².